The molecule has 0 N–H and O–H groups in total. The molecule has 0 atom stereocenters. The van der Waals surface area contributed by atoms with E-state index in [-0.39, 0.29) is 18.3 Å². The van der Waals surface area contributed by atoms with Gasteiger partial charge in [-0.3, -0.25) is 4.79 Å². The molecule has 0 spiro atoms. The lowest BCUT2D eigenvalue weighted by atomic mass is 10.2. The molecule has 30 heavy (non-hydrogen) atoms. The van der Waals surface area contributed by atoms with E-state index in [4.69, 9.17) is 9.84 Å². The molecule has 1 fully saturated rings. The fourth-order valence-electron chi connectivity index (χ4n) is 3.86. The second-order valence-corrected chi connectivity index (χ2v) is 7.38. The minimum atomic E-state index is -0.328. The van der Waals surface area contributed by atoms with Crippen molar-refractivity contribution in [3.63, 3.8) is 0 Å². The Hall–Kier alpha value is -3.35. The molecule has 1 aliphatic heterocycles. The summed E-state index contributed by atoms with van der Waals surface area (Å²) in [7, 11) is 0. The van der Waals surface area contributed by atoms with Gasteiger partial charge in [0.1, 0.15) is 11.6 Å². The fourth-order valence-corrected chi connectivity index (χ4v) is 3.86. The maximum Gasteiger partial charge on any atom is 0.260 e. The third kappa shape index (κ3) is 4.15. The highest BCUT2D eigenvalue weighted by molar-refractivity contribution is 5.78. The Morgan fingerprint density at radius 2 is 1.67 bits per heavy atom. The first-order chi connectivity index (χ1) is 14.5. The average Bonchev–Trinajstić information content (AvgIpc) is 3.08. The number of amides is 1. The van der Waals surface area contributed by atoms with E-state index in [1.54, 1.807) is 0 Å². The molecule has 1 saturated heterocycles. The monoisotopic (exact) mass is 408 g/mol. The number of ether oxygens (including phenoxy) is 1. The Morgan fingerprint density at radius 1 is 1.00 bits per heavy atom. The van der Waals surface area contributed by atoms with Crippen LogP contribution in [0.1, 0.15) is 11.4 Å². The van der Waals surface area contributed by atoms with Crippen LogP contribution in [0.5, 0.6) is 5.75 Å². The van der Waals surface area contributed by atoms with Crippen LogP contribution >= 0.6 is 0 Å². The second-order valence-electron chi connectivity index (χ2n) is 7.38. The van der Waals surface area contributed by atoms with Crippen LogP contribution in [0.4, 0.5) is 10.1 Å². The molecule has 1 aliphatic rings. The quantitative estimate of drug-likeness (QED) is 0.650. The second kappa shape index (κ2) is 8.57. The van der Waals surface area contributed by atoms with E-state index in [0.717, 1.165) is 35.9 Å². The van der Waals surface area contributed by atoms with Gasteiger partial charge in [-0.25, -0.2) is 9.07 Å². The molecule has 0 unspecified atom stereocenters. The smallest absolute Gasteiger partial charge is 0.260 e. The van der Waals surface area contributed by atoms with Gasteiger partial charge in [0.15, 0.2) is 6.61 Å². The zero-order valence-electron chi connectivity index (χ0n) is 17.2. The highest BCUT2D eigenvalue weighted by atomic mass is 19.1. The first-order valence-electron chi connectivity index (χ1n) is 10.1. The number of halogens is 1. The largest absolute Gasteiger partial charge is 0.484 e. The minimum absolute atomic E-state index is 0.0460. The van der Waals surface area contributed by atoms with Crippen molar-refractivity contribution in [2.24, 2.45) is 0 Å². The summed E-state index contributed by atoms with van der Waals surface area (Å²) in [5.74, 6) is 0.0985. The van der Waals surface area contributed by atoms with Crippen molar-refractivity contribution in [1.82, 2.24) is 14.7 Å². The predicted octanol–water partition coefficient (Wildman–Crippen LogP) is 3.36. The number of anilines is 1. The Kier molecular flexibility index (Phi) is 5.70. The first-order valence-corrected chi connectivity index (χ1v) is 10.1. The summed E-state index contributed by atoms with van der Waals surface area (Å²) in [5, 5.41) is 4.73. The summed E-state index contributed by atoms with van der Waals surface area (Å²) in [6, 6.07) is 15.8. The number of carbonyl (C=O) groups excluding carboxylic acids is 1. The van der Waals surface area contributed by atoms with Gasteiger partial charge in [0, 0.05) is 26.2 Å². The third-order valence-electron chi connectivity index (χ3n) is 5.38. The standard InChI is InChI=1S/C23H25FN4O2/c1-17-23(18(2)28(25-17)20-6-4-3-5-7-20)27-14-12-26(13-15-27)22(29)16-30-21-10-8-19(24)9-11-21/h3-11H,12-16H2,1-2H3. The molecule has 2 heterocycles. The zero-order chi connectivity index (χ0) is 21.1. The van der Waals surface area contributed by atoms with Crippen LogP contribution in [0.2, 0.25) is 0 Å². The predicted molar refractivity (Wildman–Crippen MR) is 114 cm³/mol. The van der Waals surface area contributed by atoms with Crippen LogP contribution in [-0.2, 0) is 4.79 Å². The van der Waals surface area contributed by atoms with Crippen LogP contribution in [0, 0.1) is 19.7 Å². The van der Waals surface area contributed by atoms with Crippen LogP contribution in [0.3, 0.4) is 0 Å². The number of aryl methyl sites for hydroxylation is 1. The molecule has 7 heteroatoms. The number of carbonyl (C=O) groups is 1. The van der Waals surface area contributed by atoms with Crippen LogP contribution in [-0.4, -0.2) is 53.4 Å². The molecular formula is C23H25FN4O2. The number of hydrogen-bond acceptors (Lipinski definition) is 4. The summed E-state index contributed by atoms with van der Waals surface area (Å²) in [6.45, 7) is 6.79. The summed E-state index contributed by atoms with van der Waals surface area (Å²) >= 11 is 0. The van der Waals surface area contributed by atoms with Crippen LogP contribution in [0.25, 0.3) is 5.69 Å². The van der Waals surface area contributed by atoms with Gasteiger partial charge in [-0.15, -0.1) is 0 Å². The van der Waals surface area contributed by atoms with Gasteiger partial charge in [0.25, 0.3) is 5.91 Å². The molecule has 0 aliphatic carbocycles. The molecule has 156 valence electrons. The van der Waals surface area contributed by atoms with Crippen LogP contribution < -0.4 is 9.64 Å². The van der Waals surface area contributed by atoms with Crippen molar-refractivity contribution in [2.75, 3.05) is 37.7 Å². The SMILES string of the molecule is Cc1nn(-c2ccccc2)c(C)c1N1CCN(C(=O)COc2ccc(F)cc2)CC1. The van der Waals surface area contributed by atoms with Crippen molar-refractivity contribution in [2.45, 2.75) is 13.8 Å². The Balaban J connectivity index is 1.37. The van der Waals surface area contributed by atoms with E-state index in [1.807, 2.05) is 46.8 Å². The molecule has 0 bridgehead atoms. The molecule has 2 aromatic carbocycles. The molecule has 1 aromatic heterocycles. The number of nitrogens with zero attached hydrogens (tertiary/aromatic N) is 4. The van der Waals surface area contributed by atoms with Gasteiger partial charge in [-0.05, 0) is 50.2 Å². The van der Waals surface area contributed by atoms with E-state index in [1.165, 1.54) is 24.3 Å². The van der Waals surface area contributed by atoms with Crippen molar-refractivity contribution in [3.8, 4) is 11.4 Å². The van der Waals surface area contributed by atoms with E-state index in [2.05, 4.69) is 11.8 Å². The topological polar surface area (TPSA) is 50.6 Å². The van der Waals surface area contributed by atoms with Crippen molar-refractivity contribution in [3.05, 3.63) is 71.8 Å². The normalized spacial score (nSPS) is 14.1. The van der Waals surface area contributed by atoms with Crippen LogP contribution in [0.15, 0.2) is 54.6 Å². The van der Waals surface area contributed by atoms with Gasteiger partial charge in [-0.2, -0.15) is 5.10 Å². The highest BCUT2D eigenvalue weighted by Gasteiger charge is 2.25. The molecule has 4 rings (SSSR count). The van der Waals surface area contributed by atoms with Crippen molar-refractivity contribution >= 4 is 11.6 Å². The van der Waals surface area contributed by atoms with E-state index < -0.39 is 0 Å². The molecule has 0 radical (unpaired) electrons. The van der Waals surface area contributed by atoms with Gasteiger partial charge in [-0.1, -0.05) is 18.2 Å². The maximum absolute atomic E-state index is 13.0. The number of hydrogen-bond donors (Lipinski definition) is 0. The van der Waals surface area contributed by atoms with Gasteiger partial charge in [0.05, 0.1) is 22.8 Å². The summed E-state index contributed by atoms with van der Waals surface area (Å²) in [5.41, 5.74) is 4.25. The van der Waals surface area contributed by atoms with Gasteiger partial charge >= 0.3 is 0 Å². The summed E-state index contributed by atoms with van der Waals surface area (Å²) in [4.78, 5) is 16.6. The number of rotatable bonds is 5. The van der Waals surface area contributed by atoms with Gasteiger partial charge < -0.3 is 14.5 Å². The maximum atomic E-state index is 13.0. The Labute approximate surface area is 175 Å². The van der Waals surface area contributed by atoms with Crippen molar-refractivity contribution < 1.29 is 13.9 Å². The lowest BCUT2D eigenvalue weighted by Crippen LogP contribution is -2.50. The molecular weight excluding hydrogens is 383 g/mol. The molecule has 6 nitrogen and oxygen atoms in total. The number of para-hydroxylation sites is 1. The van der Waals surface area contributed by atoms with E-state index in [9.17, 15) is 9.18 Å². The van der Waals surface area contributed by atoms with E-state index >= 15 is 0 Å². The fraction of sp³-hybridized carbons (Fsp3) is 0.304. The molecule has 1 amide bonds. The molecule has 3 aromatic rings. The number of aromatic nitrogens is 2. The average molecular weight is 408 g/mol. The Morgan fingerprint density at radius 3 is 2.33 bits per heavy atom. The first kappa shape index (κ1) is 19.9. The highest BCUT2D eigenvalue weighted by Crippen LogP contribution is 2.27. The lowest BCUT2D eigenvalue weighted by Gasteiger charge is -2.36. The summed E-state index contributed by atoms with van der Waals surface area (Å²) in [6.07, 6.45) is 0. The zero-order valence-corrected chi connectivity index (χ0v) is 17.2. The minimum Gasteiger partial charge on any atom is -0.484 e. The number of benzene rings is 2. The third-order valence-corrected chi connectivity index (χ3v) is 5.38. The summed E-state index contributed by atoms with van der Waals surface area (Å²) < 4.78 is 20.4. The number of piperazine rings is 1. The molecule has 0 saturated carbocycles. The lowest BCUT2D eigenvalue weighted by molar-refractivity contribution is -0.133. The van der Waals surface area contributed by atoms with E-state index in [0.29, 0.717) is 18.8 Å². The van der Waals surface area contributed by atoms with Crippen molar-refractivity contribution in [1.29, 1.82) is 0 Å². The van der Waals surface area contributed by atoms with Gasteiger partial charge in [0.2, 0.25) is 0 Å². The Bertz CT molecular complexity index is 1010.